The van der Waals surface area contributed by atoms with E-state index in [2.05, 4.69) is 17.4 Å². The van der Waals surface area contributed by atoms with Gasteiger partial charge in [-0.3, -0.25) is 14.2 Å². The van der Waals surface area contributed by atoms with Crippen molar-refractivity contribution >= 4 is 22.5 Å². The van der Waals surface area contributed by atoms with Crippen molar-refractivity contribution in [3.8, 4) is 0 Å². The number of nitrogens with one attached hydrogen (secondary N) is 1. The molecule has 4 heteroatoms. The smallest absolute Gasteiger partial charge is 0.252 e. The van der Waals surface area contributed by atoms with Crippen molar-refractivity contribution in [3.63, 3.8) is 0 Å². The largest absolute Gasteiger partial charge is 0.324 e. The minimum Gasteiger partial charge on any atom is -0.324 e. The Morgan fingerprint density at radius 2 is 1.61 bits per heavy atom. The highest BCUT2D eigenvalue weighted by Gasteiger charge is 2.23. The molecule has 0 bridgehead atoms. The summed E-state index contributed by atoms with van der Waals surface area (Å²) in [5, 5.41) is 4.05. The second-order valence-electron chi connectivity index (χ2n) is 7.75. The first-order chi connectivity index (χ1) is 13.2. The number of anilines is 1. The Bertz CT molecular complexity index is 1130. The standard InChI is InChI=1S/C24H28N2O2/c1-7-21(24(28)25-20-9-8-14(2)10-17(20)5)26-22(27)13-16(4)19-12-15(3)11-18(6)23(19)26/h8-13,21H,7H2,1-6H3,(H,25,28). The van der Waals surface area contributed by atoms with E-state index in [1.807, 2.05) is 59.7 Å². The summed E-state index contributed by atoms with van der Waals surface area (Å²) in [5.41, 5.74) is 6.74. The third-order valence-corrected chi connectivity index (χ3v) is 5.33. The van der Waals surface area contributed by atoms with Crippen LogP contribution in [0, 0.1) is 34.6 Å². The summed E-state index contributed by atoms with van der Waals surface area (Å²) in [4.78, 5) is 26.1. The minimum atomic E-state index is -0.572. The quantitative estimate of drug-likeness (QED) is 0.686. The summed E-state index contributed by atoms with van der Waals surface area (Å²) in [7, 11) is 0. The summed E-state index contributed by atoms with van der Waals surface area (Å²) < 4.78 is 1.66. The topological polar surface area (TPSA) is 51.1 Å². The lowest BCUT2D eigenvalue weighted by molar-refractivity contribution is -0.119. The molecule has 1 atom stereocenters. The number of aryl methyl sites for hydroxylation is 5. The fourth-order valence-corrected chi connectivity index (χ4v) is 3.99. The molecular formula is C24H28N2O2. The molecule has 1 unspecified atom stereocenters. The SMILES string of the molecule is CCC(C(=O)Nc1ccc(C)cc1C)n1c(=O)cc(C)c2cc(C)cc(C)c21. The molecular weight excluding hydrogens is 348 g/mol. The summed E-state index contributed by atoms with van der Waals surface area (Å²) >= 11 is 0. The fourth-order valence-electron chi connectivity index (χ4n) is 3.99. The van der Waals surface area contributed by atoms with E-state index in [1.165, 1.54) is 0 Å². The minimum absolute atomic E-state index is 0.139. The zero-order chi connectivity index (χ0) is 20.6. The van der Waals surface area contributed by atoms with Crippen LogP contribution in [0.2, 0.25) is 0 Å². The first-order valence-corrected chi connectivity index (χ1v) is 9.74. The highest BCUT2D eigenvalue weighted by Crippen LogP contribution is 2.27. The molecule has 1 amide bonds. The normalized spacial score (nSPS) is 12.2. The van der Waals surface area contributed by atoms with Crippen LogP contribution in [0.5, 0.6) is 0 Å². The number of benzene rings is 2. The molecule has 0 fully saturated rings. The van der Waals surface area contributed by atoms with Crippen molar-refractivity contribution in [3.05, 3.63) is 74.6 Å². The van der Waals surface area contributed by atoms with Gasteiger partial charge in [-0.2, -0.15) is 0 Å². The number of hydrogen-bond donors (Lipinski definition) is 1. The van der Waals surface area contributed by atoms with Gasteiger partial charge in [0.25, 0.3) is 5.56 Å². The monoisotopic (exact) mass is 376 g/mol. The van der Waals surface area contributed by atoms with E-state index in [4.69, 9.17) is 0 Å². The van der Waals surface area contributed by atoms with Gasteiger partial charge in [0, 0.05) is 17.1 Å². The molecule has 146 valence electrons. The zero-order valence-corrected chi connectivity index (χ0v) is 17.5. The number of nitrogens with zero attached hydrogens (tertiary/aromatic N) is 1. The molecule has 3 aromatic rings. The lowest BCUT2D eigenvalue weighted by Crippen LogP contribution is -2.33. The third-order valence-electron chi connectivity index (χ3n) is 5.33. The number of hydrogen-bond acceptors (Lipinski definition) is 2. The molecule has 1 heterocycles. The Kier molecular flexibility index (Phi) is 5.41. The Morgan fingerprint density at radius 1 is 0.929 bits per heavy atom. The molecule has 28 heavy (non-hydrogen) atoms. The maximum Gasteiger partial charge on any atom is 0.252 e. The lowest BCUT2D eigenvalue weighted by atomic mass is 10.0. The molecule has 0 saturated carbocycles. The summed E-state index contributed by atoms with van der Waals surface area (Å²) in [5.74, 6) is -0.165. The van der Waals surface area contributed by atoms with E-state index in [0.29, 0.717) is 6.42 Å². The molecule has 3 rings (SSSR count). The van der Waals surface area contributed by atoms with E-state index in [0.717, 1.165) is 44.4 Å². The van der Waals surface area contributed by atoms with Crippen molar-refractivity contribution in [2.75, 3.05) is 5.32 Å². The Balaban J connectivity index is 2.13. The number of rotatable bonds is 4. The Hall–Kier alpha value is -2.88. The van der Waals surface area contributed by atoms with Crippen molar-refractivity contribution in [2.24, 2.45) is 0 Å². The van der Waals surface area contributed by atoms with Gasteiger partial charge in [-0.15, -0.1) is 0 Å². The van der Waals surface area contributed by atoms with Crippen LogP contribution < -0.4 is 10.9 Å². The maximum absolute atomic E-state index is 13.2. The zero-order valence-electron chi connectivity index (χ0n) is 17.5. The maximum atomic E-state index is 13.2. The predicted molar refractivity (Wildman–Crippen MR) is 116 cm³/mol. The molecule has 0 spiro atoms. The van der Waals surface area contributed by atoms with Crippen LogP contribution in [0.15, 0.2) is 41.2 Å². The van der Waals surface area contributed by atoms with Gasteiger partial charge < -0.3 is 5.32 Å². The van der Waals surface area contributed by atoms with E-state index in [-0.39, 0.29) is 11.5 Å². The molecule has 2 aromatic carbocycles. The van der Waals surface area contributed by atoms with Crippen molar-refractivity contribution in [2.45, 2.75) is 54.0 Å². The Morgan fingerprint density at radius 3 is 2.25 bits per heavy atom. The number of aromatic nitrogens is 1. The van der Waals surface area contributed by atoms with Crippen LogP contribution in [0.1, 0.15) is 47.2 Å². The van der Waals surface area contributed by atoms with E-state index >= 15 is 0 Å². The number of carbonyl (C=O) groups is 1. The second kappa shape index (κ2) is 7.63. The summed E-state index contributed by atoms with van der Waals surface area (Å²) in [6.07, 6.45) is 0.530. The van der Waals surface area contributed by atoms with Gasteiger partial charge in [0.2, 0.25) is 5.91 Å². The number of pyridine rings is 1. The van der Waals surface area contributed by atoms with Crippen LogP contribution in [-0.4, -0.2) is 10.5 Å². The summed E-state index contributed by atoms with van der Waals surface area (Å²) in [6, 6.07) is 11.1. The average Bonchev–Trinajstić information content (AvgIpc) is 2.61. The molecule has 0 aliphatic heterocycles. The van der Waals surface area contributed by atoms with Gasteiger partial charge in [0.15, 0.2) is 0 Å². The van der Waals surface area contributed by atoms with Crippen LogP contribution in [0.4, 0.5) is 5.69 Å². The van der Waals surface area contributed by atoms with E-state index < -0.39 is 6.04 Å². The summed E-state index contributed by atoms with van der Waals surface area (Å²) in [6.45, 7) is 11.9. The van der Waals surface area contributed by atoms with Gasteiger partial charge in [-0.05, 0) is 69.9 Å². The first kappa shape index (κ1) is 19.9. The van der Waals surface area contributed by atoms with Crippen LogP contribution in [0.25, 0.3) is 10.9 Å². The molecule has 1 N–H and O–H groups in total. The van der Waals surface area contributed by atoms with Crippen LogP contribution >= 0.6 is 0 Å². The van der Waals surface area contributed by atoms with Gasteiger partial charge >= 0.3 is 0 Å². The third kappa shape index (κ3) is 3.59. The second-order valence-corrected chi connectivity index (χ2v) is 7.75. The molecule has 0 saturated heterocycles. The lowest BCUT2D eigenvalue weighted by Gasteiger charge is -2.23. The van der Waals surface area contributed by atoms with Gasteiger partial charge in [-0.1, -0.05) is 36.2 Å². The fraction of sp³-hybridized carbons (Fsp3) is 0.333. The molecule has 0 aliphatic rings. The van der Waals surface area contributed by atoms with Crippen molar-refractivity contribution in [1.82, 2.24) is 4.57 Å². The van der Waals surface area contributed by atoms with Gasteiger partial charge in [-0.25, -0.2) is 0 Å². The predicted octanol–water partition coefficient (Wildman–Crippen LogP) is 5.13. The van der Waals surface area contributed by atoms with Crippen molar-refractivity contribution < 1.29 is 4.79 Å². The van der Waals surface area contributed by atoms with E-state index in [1.54, 1.807) is 10.6 Å². The number of amides is 1. The van der Waals surface area contributed by atoms with E-state index in [9.17, 15) is 9.59 Å². The Labute approximate surface area is 166 Å². The van der Waals surface area contributed by atoms with Gasteiger partial charge in [0.05, 0.1) is 5.52 Å². The van der Waals surface area contributed by atoms with Crippen molar-refractivity contribution in [1.29, 1.82) is 0 Å². The first-order valence-electron chi connectivity index (χ1n) is 9.74. The molecule has 4 nitrogen and oxygen atoms in total. The van der Waals surface area contributed by atoms with Crippen LogP contribution in [0.3, 0.4) is 0 Å². The van der Waals surface area contributed by atoms with Crippen LogP contribution in [-0.2, 0) is 4.79 Å². The molecule has 0 aliphatic carbocycles. The average molecular weight is 377 g/mol. The molecule has 0 radical (unpaired) electrons. The molecule has 1 aromatic heterocycles. The number of fused-ring (bicyclic) bond motifs is 1. The highest BCUT2D eigenvalue weighted by atomic mass is 16.2. The number of carbonyl (C=O) groups excluding carboxylic acids is 1. The highest BCUT2D eigenvalue weighted by molar-refractivity contribution is 5.96. The van der Waals surface area contributed by atoms with Gasteiger partial charge in [0.1, 0.15) is 6.04 Å².